The van der Waals surface area contributed by atoms with Crippen molar-refractivity contribution in [2.75, 3.05) is 13.3 Å². The van der Waals surface area contributed by atoms with Crippen LogP contribution in [0.3, 0.4) is 0 Å². The lowest BCUT2D eigenvalue weighted by Gasteiger charge is -2.24. The summed E-state index contributed by atoms with van der Waals surface area (Å²) in [5.74, 6) is 0. The number of hydrogen-bond donors (Lipinski definition) is 0. The molecule has 0 spiro atoms. The van der Waals surface area contributed by atoms with Gasteiger partial charge in [-0.25, -0.2) is 13.4 Å². The lowest BCUT2D eigenvalue weighted by Crippen LogP contribution is -2.22. The summed E-state index contributed by atoms with van der Waals surface area (Å²) in [5, 5.41) is 3.27. The summed E-state index contributed by atoms with van der Waals surface area (Å²) in [4.78, 5) is 7.32. The molecule has 4 nitrogen and oxygen atoms in total. The van der Waals surface area contributed by atoms with Crippen LogP contribution in [-0.4, -0.2) is 31.6 Å². The molecule has 6 heteroatoms. The molecule has 0 fully saturated rings. The van der Waals surface area contributed by atoms with Crippen LogP contribution in [0.15, 0.2) is 34.5 Å². The number of sulfone groups is 1. The van der Waals surface area contributed by atoms with Crippen molar-refractivity contribution in [2.24, 2.45) is 0 Å². The van der Waals surface area contributed by atoms with Crippen molar-refractivity contribution < 1.29 is 8.42 Å². The first-order valence-electron chi connectivity index (χ1n) is 7.93. The predicted molar refractivity (Wildman–Crippen MR) is 100 cm³/mol. The van der Waals surface area contributed by atoms with Crippen molar-refractivity contribution in [3.63, 3.8) is 0 Å². The van der Waals surface area contributed by atoms with Gasteiger partial charge >= 0.3 is 0 Å². The van der Waals surface area contributed by atoms with Crippen LogP contribution >= 0.6 is 11.3 Å². The molecule has 0 amide bonds. The first kappa shape index (κ1) is 19.1. The largest absolute Gasteiger partial charge is 0.294 e. The summed E-state index contributed by atoms with van der Waals surface area (Å²) in [6, 6.07) is 7.31. The van der Waals surface area contributed by atoms with Gasteiger partial charge in [-0.1, -0.05) is 32.9 Å². The van der Waals surface area contributed by atoms with Crippen LogP contribution in [0.1, 0.15) is 50.0 Å². The lowest BCUT2D eigenvalue weighted by molar-refractivity contribution is 0.250. The number of thiazole rings is 1. The van der Waals surface area contributed by atoms with E-state index >= 15 is 0 Å². The molecule has 2 rings (SSSR count). The second-order valence-electron chi connectivity index (χ2n) is 7.33. The minimum Gasteiger partial charge on any atom is -0.294 e. The van der Waals surface area contributed by atoms with Crippen LogP contribution in [0, 0.1) is 0 Å². The van der Waals surface area contributed by atoms with Crippen molar-refractivity contribution in [2.45, 2.75) is 50.6 Å². The van der Waals surface area contributed by atoms with E-state index < -0.39 is 9.84 Å². The zero-order valence-electron chi connectivity index (χ0n) is 15.2. The molecule has 0 aliphatic carbocycles. The molecule has 0 unspecified atom stereocenters. The first-order chi connectivity index (χ1) is 11.0. The second-order valence-corrected chi connectivity index (χ2v) is 10.2. The Morgan fingerprint density at radius 2 is 1.79 bits per heavy atom. The predicted octanol–water partition coefficient (Wildman–Crippen LogP) is 4.04. The summed E-state index contributed by atoms with van der Waals surface area (Å²) >= 11 is 1.71. The molecule has 1 aromatic carbocycles. The quantitative estimate of drug-likeness (QED) is 0.801. The first-order valence-corrected chi connectivity index (χ1v) is 10.7. The van der Waals surface area contributed by atoms with Crippen molar-refractivity contribution in [1.29, 1.82) is 0 Å². The van der Waals surface area contributed by atoms with Crippen LogP contribution in [0.5, 0.6) is 0 Å². The molecule has 0 saturated carbocycles. The van der Waals surface area contributed by atoms with E-state index in [1.165, 1.54) is 6.26 Å². The normalized spacial score (nSPS) is 14.1. The molecule has 132 valence electrons. The van der Waals surface area contributed by atoms with E-state index in [2.05, 4.69) is 45.0 Å². The number of hydrogen-bond acceptors (Lipinski definition) is 5. The molecule has 1 aromatic heterocycles. The summed E-state index contributed by atoms with van der Waals surface area (Å²) < 4.78 is 23.1. The van der Waals surface area contributed by atoms with E-state index in [1.54, 1.807) is 23.5 Å². The fourth-order valence-electron chi connectivity index (χ4n) is 2.36. The maximum absolute atomic E-state index is 11.6. The van der Waals surface area contributed by atoms with Crippen LogP contribution in [-0.2, 0) is 21.8 Å². The average molecular weight is 367 g/mol. The second kappa shape index (κ2) is 6.94. The number of rotatable bonds is 5. The summed E-state index contributed by atoms with van der Waals surface area (Å²) in [5.41, 5.74) is 2.25. The number of benzene rings is 1. The van der Waals surface area contributed by atoms with E-state index in [0.29, 0.717) is 4.90 Å². The molecule has 2 aromatic rings. The number of nitrogens with zero attached hydrogens (tertiary/aromatic N) is 2. The standard InChI is InChI=1S/C18H26N2O2S2/c1-13(14-7-9-16(10-8-14)24(6,21)22)20(5)11-15-12-23-17(19-15)18(2,3)4/h7-10,12-13H,11H2,1-6H3/t13-/m1/s1. The minimum absolute atomic E-state index is 0.0780. The van der Waals surface area contributed by atoms with Gasteiger partial charge in [-0.15, -0.1) is 11.3 Å². The van der Waals surface area contributed by atoms with Crippen LogP contribution in [0.4, 0.5) is 0 Å². The van der Waals surface area contributed by atoms with E-state index in [-0.39, 0.29) is 11.5 Å². The van der Waals surface area contributed by atoms with Gasteiger partial charge in [-0.3, -0.25) is 4.90 Å². The number of aromatic nitrogens is 1. The van der Waals surface area contributed by atoms with Crippen molar-refractivity contribution in [1.82, 2.24) is 9.88 Å². The Hall–Kier alpha value is -1.24. The molecule has 1 atom stereocenters. The summed E-state index contributed by atoms with van der Waals surface area (Å²) in [6.45, 7) is 9.40. The van der Waals surface area contributed by atoms with Crippen molar-refractivity contribution >= 4 is 21.2 Å². The topological polar surface area (TPSA) is 50.3 Å². The molecular formula is C18H26N2O2S2. The fourth-order valence-corrected chi connectivity index (χ4v) is 3.89. The zero-order valence-corrected chi connectivity index (χ0v) is 16.8. The maximum Gasteiger partial charge on any atom is 0.175 e. The van der Waals surface area contributed by atoms with E-state index in [4.69, 9.17) is 4.98 Å². The fraction of sp³-hybridized carbons (Fsp3) is 0.500. The third kappa shape index (κ3) is 4.65. The average Bonchev–Trinajstić information content (AvgIpc) is 2.94. The molecule has 0 bridgehead atoms. The molecule has 0 N–H and O–H groups in total. The maximum atomic E-state index is 11.6. The Labute approximate surface area is 149 Å². The van der Waals surface area contributed by atoms with E-state index in [9.17, 15) is 8.42 Å². The van der Waals surface area contributed by atoms with Gasteiger partial charge < -0.3 is 0 Å². The van der Waals surface area contributed by atoms with Gasteiger partial charge in [-0.05, 0) is 31.7 Å². The molecule has 0 aliphatic rings. The summed E-state index contributed by atoms with van der Waals surface area (Å²) in [6.07, 6.45) is 1.23. The Morgan fingerprint density at radius 1 is 1.21 bits per heavy atom. The van der Waals surface area contributed by atoms with E-state index in [1.807, 2.05) is 12.1 Å². The van der Waals surface area contributed by atoms with Crippen molar-refractivity contribution in [3.8, 4) is 0 Å². The minimum atomic E-state index is -3.15. The van der Waals surface area contributed by atoms with Crippen LogP contribution in [0.2, 0.25) is 0 Å². The van der Waals surface area contributed by atoms with Gasteiger partial charge in [0.1, 0.15) is 0 Å². The van der Waals surface area contributed by atoms with Gasteiger partial charge in [0.2, 0.25) is 0 Å². The molecule has 1 heterocycles. The zero-order chi connectivity index (χ0) is 18.1. The monoisotopic (exact) mass is 366 g/mol. The Bertz CT molecular complexity index is 787. The molecule has 0 radical (unpaired) electrons. The Balaban J connectivity index is 2.09. The van der Waals surface area contributed by atoms with Crippen molar-refractivity contribution in [3.05, 3.63) is 45.9 Å². The lowest BCUT2D eigenvalue weighted by atomic mass is 9.98. The van der Waals surface area contributed by atoms with Gasteiger partial charge in [0, 0.05) is 29.6 Å². The van der Waals surface area contributed by atoms with Crippen LogP contribution < -0.4 is 0 Å². The highest BCUT2D eigenvalue weighted by atomic mass is 32.2. The van der Waals surface area contributed by atoms with E-state index in [0.717, 1.165) is 22.8 Å². The Kier molecular flexibility index (Phi) is 5.52. The highest BCUT2D eigenvalue weighted by Crippen LogP contribution is 2.27. The van der Waals surface area contributed by atoms with Gasteiger partial charge in [0.25, 0.3) is 0 Å². The molecule has 24 heavy (non-hydrogen) atoms. The highest BCUT2D eigenvalue weighted by molar-refractivity contribution is 7.90. The molecule has 0 aliphatic heterocycles. The van der Waals surface area contributed by atoms with Gasteiger partial charge in [0.15, 0.2) is 9.84 Å². The molecule has 0 saturated heterocycles. The third-order valence-corrected chi connectivity index (χ3v) is 6.50. The van der Waals surface area contributed by atoms with Gasteiger partial charge in [-0.2, -0.15) is 0 Å². The Morgan fingerprint density at radius 3 is 2.25 bits per heavy atom. The van der Waals surface area contributed by atoms with Gasteiger partial charge in [0.05, 0.1) is 15.6 Å². The molecular weight excluding hydrogens is 340 g/mol. The SMILES string of the molecule is C[C@H](c1ccc(S(C)(=O)=O)cc1)N(C)Cc1csc(C(C)(C)C)n1. The summed E-state index contributed by atoms with van der Waals surface area (Å²) in [7, 11) is -1.09. The highest BCUT2D eigenvalue weighted by Gasteiger charge is 2.19. The third-order valence-electron chi connectivity index (χ3n) is 4.06. The van der Waals surface area contributed by atoms with Crippen LogP contribution in [0.25, 0.3) is 0 Å². The smallest absolute Gasteiger partial charge is 0.175 e.